The number of carbonyl (C=O) groups is 2. The normalized spacial score (nSPS) is 11.3. The summed E-state index contributed by atoms with van der Waals surface area (Å²) in [6, 6.07) is 16.7. The molecule has 4 rings (SSSR count). The number of Topliss-reactive ketones (excluding diaryl/α,β-unsaturated/α-hetero) is 1. The number of sulfonamides is 1. The average Bonchev–Trinajstić information content (AvgIpc) is 3.10. The number of nitrogens with one attached hydrogen (secondary N) is 1. The van der Waals surface area contributed by atoms with Crippen LogP contribution in [0.25, 0.3) is 5.69 Å². The van der Waals surface area contributed by atoms with Crippen molar-refractivity contribution >= 4 is 62.3 Å². The van der Waals surface area contributed by atoms with E-state index in [1.165, 1.54) is 21.5 Å². The fraction of sp³-hybridized carbons (Fsp3) is 0.115. The summed E-state index contributed by atoms with van der Waals surface area (Å²) in [7, 11) is -2.88. The Balaban J connectivity index is 1.62. The predicted molar refractivity (Wildman–Crippen MR) is 149 cm³/mol. The average molecular weight is 609 g/mol. The van der Waals surface area contributed by atoms with E-state index in [2.05, 4.69) is 4.72 Å². The van der Waals surface area contributed by atoms with Crippen LogP contribution in [-0.4, -0.2) is 36.1 Å². The van der Waals surface area contributed by atoms with E-state index < -0.39 is 38.8 Å². The Morgan fingerprint density at radius 1 is 0.949 bits per heavy atom. The molecule has 39 heavy (non-hydrogen) atoms. The highest BCUT2D eigenvalue weighted by atomic mass is 35.5. The van der Waals surface area contributed by atoms with Crippen molar-refractivity contribution in [3.63, 3.8) is 0 Å². The number of ketones is 1. The molecule has 0 bridgehead atoms. The number of rotatable bonds is 8. The van der Waals surface area contributed by atoms with Gasteiger partial charge in [0, 0.05) is 17.6 Å². The molecule has 1 aromatic heterocycles. The lowest BCUT2D eigenvalue weighted by Crippen LogP contribution is -2.23. The third kappa shape index (κ3) is 5.89. The summed E-state index contributed by atoms with van der Waals surface area (Å²) >= 11 is 18.2. The van der Waals surface area contributed by atoms with Crippen molar-refractivity contribution in [3.8, 4) is 5.69 Å². The highest BCUT2D eigenvalue weighted by Gasteiger charge is 2.27. The molecule has 0 saturated heterocycles. The molecular formula is C26H20Cl3N3O6S. The Morgan fingerprint density at radius 3 is 2.31 bits per heavy atom. The maximum absolute atomic E-state index is 13.3. The minimum absolute atomic E-state index is 0.193. The fourth-order valence-electron chi connectivity index (χ4n) is 3.72. The largest absolute Gasteiger partial charge is 0.454 e. The van der Waals surface area contributed by atoms with Crippen molar-refractivity contribution in [1.29, 1.82) is 0 Å². The van der Waals surface area contributed by atoms with Crippen LogP contribution >= 0.6 is 34.8 Å². The van der Waals surface area contributed by atoms with Crippen molar-refractivity contribution in [2.24, 2.45) is 7.05 Å². The summed E-state index contributed by atoms with van der Waals surface area (Å²) in [5.41, 5.74) is -0.0779. The molecule has 0 atom stereocenters. The SMILES string of the molecule is Cc1c(NS(=O)(=O)c2cc(C(=O)OCC(=O)c3cccc(Cl)c3)c(Cl)cc2Cl)c(=O)n(-c2ccccc2)n1C. The van der Waals surface area contributed by atoms with Crippen LogP contribution in [0.3, 0.4) is 0 Å². The number of hydrogen-bond acceptors (Lipinski definition) is 6. The quantitative estimate of drug-likeness (QED) is 0.215. The lowest BCUT2D eigenvalue weighted by atomic mass is 10.1. The Labute approximate surface area is 238 Å². The van der Waals surface area contributed by atoms with Crippen LogP contribution in [0.15, 0.2) is 76.4 Å². The van der Waals surface area contributed by atoms with Gasteiger partial charge >= 0.3 is 5.97 Å². The van der Waals surface area contributed by atoms with Crippen LogP contribution in [0.1, 0.15) is 26.4 Å². The Bertz CT molecular complexity index is 1770. The van der Waals surface area contributed by atoms with Crippen molar-refractivity contribution in [1.82, 2.24) is 9.36 Å². The van der Waals surface area contributed by atoms with Gasteiger partial charge in [-0.3, -0.25) is 19.0 Å². The second-order valence-electron chi connectivity index (χ2n) is 8.31. The summed E-state index contributed by atoms with van der Waals surface area (Å²) in [5.74, 6) is -1.58. The molecule has 0 unspecified atom stereocenters. The van der Waals surface area contributed by atoms with Crippen LogP contribution < -0.4 is 10.3 Å². The summed E-state index contributed by atoms with van der Waals surface area (Å²) in [6.45, 7) is 0.933. The van der Waals surface area contributed by atoms with Crippen LogP contribution in [0, 0.1) is 6.92 Å². The van der Waals surface area contributed by atoms with E-state index in [1.807, 2.05) is 0 Å². The zero-order valence-corrected chi connectivity index (χ0v) is 23.5. The molecular weight excluding hydrogens is 589 g/mol. The highest BCUT2D eigenvalue weighted by Crippen LogP contribution is 2.31. The van der Waals surface area contributed by atoms with Gasteiger partial charge in [-0.2, -0.15) is 0 Å². The second kappa shape index (κ2) is 11.3. The third-order valence-electron chi connectivity index (χ3n) is 5.80. The number of aromatic nitrogens is 2. The van der Waals surface area contributed by atoms with Crippen molar-refractivity contribution in [2.75, 3.05) is 11.3 Å². The van der Waals surface area contributed by atoms with E-state index in [0.29, 0.717) is 16.4 Å². The van der Waals surface area contributed by atoms with Crippen LogP contribution in [0.4, 0.5) is 5.69 Å². The molecule has 0 saturated carbocycles. The van der Waals surface area contributed by atoms with Gasteiger partial charge < -0.3 is 4.74 Å². The Kier molecular flexibility index (Phi) is 8.22. The molecule has 0 spiro atoms. The minimum atomic E-state index is -4.48. The lowest BCUT2D eigenvalue weighted by Gasteiger charge is -2.12. The first-order valence-corrected chi connectivity index (χ1v) is 13.8. The maximum atomic E-state index is 13.3. The van der Waals surface area contributed by atoms with Crippen LogP contribution in [-0.2, 0) is 21.8 Å². The van der Waals surface area contributed by atoms with Crippen molar-refractivity contribution in [2.45, 2.75) is 11.8 Å². The van der Waals surface area contributed by atoms with E-state index in [9.17, 15) is 22.8 Å². The van der Waals surface area contributed by atoms with Gasteiger partial charge in [0.2, 0.25) is 0 Å². The summed E-state index contributed by atoms with van der Waals surface area (Å²) < 4.78 is 36.8. The molecule has 9 nitrogen and oxygen atoms in total. The van der Waals surface area contributed by atoms with Gasteiger partial charge in [0.1, 0.15) is 10.6 Å². The van der Waals surface area contributed by atoms with Crippen molar-refractivity contribution in [3.05, 3.63) is 109 Å². The molecule has 0 radical (unpaired) electrons. The molecule has 0 aliphatic heterocycles. The predicted octanol–water partition coefficient (Wildman–Crippen LogP) is 5.29. The molecule has 13 heteroatoms. The van der Waals surface area contributed by atoms with Gasteiger partial charge in [0.15, 0.2) is 12.4 Å². The standard InChI is InChI=1S/C26H20Cl3N3O6S/c1-15-24(25(34)32(31(15)2)18-9-4-3-5-10-18)30-39(36,37)23-12-19(20(28)13-21(23)29)26(35)38-14-22(33)16-7-6-8-17(27)11-16/h3-13,30H,14H2,1-2H3. The molecule has 1 N–H and O–H groups in total. The third-order valence-corrected chi connectivity index (χ3v) is 8.16. The van der Waals surface area contributed by atoms with Gasteiger partial charge in [-0.25, -0.2) is 17.9 Å². The monoisotopic (exact) mass is 607 g/mol. The molecule has 0 aliphatic carbocycles. The number of benzene rings is 3. The smallest absolute Gasteiger partial charge is 0.340 e. The van der Waals surface area contributed by atoms with E-state index in [1.54, 1.807) is 56.4 Å². The molecule has 0 aliphatic rings. The first kappa shape index (κ1) is 28.4. The van der Waals surface area contributed by atoms with Gasteiger partial charge in [-0.1, -0.05) is 65.1 Å². The van der Waals surface area contributed by atoms with E-state index >= 15 is 0 Å². The summed E-state index contributed by atoms with van der Waals surface area (Å²) in [6.07, 6.45) is 0. The zero-order valence-electron chi connectivity index (χ0n) is 20.4. The second-order valence-corrected chi connectivity index (χ2v) is 11.2. The van der Waals surface area contributed by atoms with Crippen molar-refractivity contribution < 1.29 is 22.7 Å². The molecule has 0 fully saturated rings. The van der Waals surface area contributed by atoms with Gasteiger partial charge in [-0.15, -0.1) is 0 Å². The lowest BCUT2D eigenvalue weighted by molar-refractivity contribution is 0.0474. The highest BCUT2D eigenvalue weighted by molar-refractivity contribution is 7.92. The van der Waals surface area contributed by atoms with Gasteiger partial charge in [0.05, 0.1) is 27.0 Å². The van der Waals surface area contributed by atoms with E-state index in [4.69, 9.17) is 39.5 Å². The Morgan fingerprint density at radius 2 is 1.64 bits per heavy atom. The number of para-hydroxylation sites is 1. The van der Waals surface area contributed by atoms with Gasteiger partial charge in [-0.05, 0) is 43.3 Å². The molecule has 202 valence electrons. The van der Waals surface area contributed by atoms with Gasteiger partial charge in [0.25, 0.3) is 15.6 Å². The minimum Gasteiger partial charge on any atom is -0.454 e. The number of carbonyl (C=O) groups excluding carboxylic acids is 2. The zero-order chi connectivity index (χ0) is 28.5. The first-order chi connectivity index (χ1) is 18.4. The summed E-state index contributed by atoms with van der Waals surface area (Å²) in [5, 5.41) is -0.156. The fourth-order valence-corrected chi connectivity index (χ4v) is 5.88. The number of esters is 1. The molecule has 0 amide bonds. The molecule has 1 heterocycles. The van der Waals surface area contributed by atoms with Crippen LogP contribution in [0.2, 0.25) is 15.1 Å². The molecule has 3 aromatic carbocycles. The first-order valence-electron chi connectivity index (χ1n) is 11.2. The van der Waals surface area contributed by atoms with E-state index in [0.717, 1.165) is 12.1 Å². The maximum Gasteiger partial charge on any atom is 0.340 e. The summed E-state index contributed by atoms with van der Waals surface area (Å²) in [4.78, 5) is 37.7. The Hall–Kier alpha value is -3.57. The molecule has 4 aromatic rings. The number of hydrogen-bond donors (Lipinski definition) is 1. The number of ether oxygens (including phenoxy) is 1. The number of nitrogens with zero attached hydrogens (tertiary/aromatic N) is 2. The van der Waals surface area contributed by atoms with E-state index in [-0.39, 0.29) is 26.9 Å². The number of halogens is 3. The number of anilines is 1. The topological polar surface area (TPSA) is 116 Å². The van der Waals surface area contributed by atoms with Crippen LogP contribution in [0.5, 0.6) is 0 Å².